The number of alkyl halides is 2. The van der Waals surface area contributed by atoms with Crippen molar-refractivity contribution >= 4 is 56.0 Å². The van der Waals surface area contributed by atoms with E-state index in [9.17, 15) is 36.4 Å². The summed E-state index contributed by atoms with van der Waals surface area (Å²) in [5.41, 5.74) is -1.04. The molecular weight excluding hydrogens is 858 g/mol. The average Bonchev–Trinajstić information content (AvgIpc) is 4.05. The highest BCUT2D eigenvalue weighted by molar-refractivity contribution is 7.91. The summed E-state index contributed by atoms with van der Waals surface area (Å²) in [4.78, 5) is 68.0. The average molecular weight is 913 g/mol. The number of carbonyl (C=O) groups excluding carboxylic acids is 4. The summed E-state index contributed by atoms with van der Waals surface area (Å²) in [6.07, 6.45) is 8.88. The van der Waals surface area contributed by atoms with E-state index in [4.69, 9.17) is 26.1 Å². The molecule has 2 aliphatic heterocycles. The van der Waals surface area contributed by atoms with Gasteiger partial charge in [0.15, 0.2) is 0 Å². The van der Waals surface area contributed by atoms with Gasteiger partial charge in [-0.25, -0.2) is 22.2 Å². The summed E-state index contributed by atoms with van der Waals surface area (Å²) < 4.78 is 68.8. The van der Waals surface area contributed by atoms with Gasteiger partial charge in [0.2, 0.25) is 33.6 Å². The predicted molar refractivity (Wildman–Crippen MR) is 235 cm³/mol. The number of piperidine rings is 1. The molecule has 0 bridgehead atoms. The molecular formula is C45H55ClF2N6O8S. The lowest BCUT2D eigenvalue weighted by atomic mass is 9.92. The van der Waals surface area contributed by atoms with Crippen LogP contribution in [0, 0.1) is 5.92 Å². The van der Waals surface area contributed by atoms with E-state index >= 15 is 0 Å². The molecule has 63 heavy (non-hydrogen) atoms. The minimum atomic E-state index is -4.05. The summed E-state index contributed by atoms with van der Waals surface area (Å²) in [7, 11) is -2.57. The molecule has 340 valence electrons. The number of nitrogens with one attached hydrogen (secondary N) is 2. The summed E-state index contributed by atoms with van der Waals surface area (Å²) in [6.45, 7) is 6.59. The highest BCUT2D eigenvalue weighted by Gasteiger charge is 2.48. The van der Waals surface area contributed by atoms with E-state index in [0.29, 0.717) is 47.2 Å². The Kier molecular flexibility index (Phi) is 15.1. The van der Waals surface area contributed by atoms with E-state index in [0.717, 1.165) is 24.2 Å². The first kappa shape index (κ1) is 47.3. The molecule has 2 saturated heterocycles. The minimum Gasteiger partial charge on any atom is -0.495 e. The summed E-state index contributed by atoms with van der Waals surface area (Å²) in [5.74, 6) is -6.66. The van der Waals surface area contributed by atoms with Gasteiger partial charge in [-0.05, 0) is 62.4 Å². The number of likely N-dealkylation sites (tertiary alicyclic amines) is 2. The van der Waals surface area contributed by atoms with Crippen LogP contribution in [0.5, 0.6) is 11.6 Å². The largest absolute Gasteiger partial charge is 0.495 e. The number of nitrogens with zero attached hydrogens (tertiary/aromatic N) is 4. The predicted octanol–water partition coefficient (Wildman–Crippen LogP) is 6.77. The molecule has 0 radical (unpaired) electrons. The van der Waals surface area contributed by atoms with Crippen LogP contribution in [-0.4, -0.2) is 107 Å². The molecule has 4 amide bonds. The molecule has 1 aromatic carbocycles. The van der Waals surface area contributed by atoms with Crippen molar-refractivity contribution in [3.05, 3.63) is 72.4 Å². The van der Waals surface area contributed by atoms with Crippen LogP contribution < -0.4 is 19.5 Å². The number of ether oxygens (including phenoxy) is 2. The maximum atomic E-state index is 14.7. The van der Waals surface area contributed by atoms with Crippen molar-refractivity contribution in [1.29, 1.82) is 0 Å². The second kappa shape index (κ2) is 20.1. The fourth-order valence-electron chi connectivity index (χ4n) is 7.92. The van der Waals surface area contributed by atoms with Crippen LogP contribution in [0.3, 0.4) is 0 Å². The summed E-state index contributed by atoms with van der Waals surface area (Å²) >= 11 is 6.81. The maximum Gasteiger partial charge on any atom is 0.265 e. The Bertz CT molecular complexity index is 2330. The van der Waals surface area contributed by atoms with E-state index in [-0.39, 0.29) is 49.7 Å². The zero-order valence-corrected chi connectivity index (χ0v) is 37.4. The van der Waals surface area contributed by atoms with Crippen molar-refractivity contribution in [3.63, 3.8) is 0 Å². The van der Waals surface area contributed by atoms with E-state index in [1.807, 2.05) is 6.08 Å². The molecule has 4 atom stereocenters. The van der Waals surface area contributed by atoms with E-state index in [1.54, 1.807) is 48.7 Å². The van der Waals surface area contributed by atoms with E-state index in [2.05, 4.69) is 28.5 Å². The molecule has 3 aliphatic rings. The Morgan fingerprint density at radius 3 is 2.56 bits per heavy atom. The number of hydrogen-bond donors (Lipinski definition) is 2. The molecule has 1 aliphatic carbocycles. The molecule has 18 heteroatoms. The first-order chi connectivity index (χ1) is 30.0. The van der Waals surface area contributed by atoms with Gasteiger partial charge in [0, 0.05) is 55.1 Å². The highest BCUT2D eigenvalue weighted by atomic mass is 35.5. The number of aromatic nitrogens is 2. The molecule has 2 N–H and O–H groups in total. The van der Waals surface area contributed by atoms with Crippen LogP contribution in [0.4, 0.5) is 8.78 Å². The highest BCUT2D eigenvalue weighted by Crippen LogP contribution is 2.39. The zero-order valence-electron chi connectivity index (χ0n) is 35.8. The topological polar surface area (TPSA) is 177 Å². The molecule has 4 heterocycles. The first-order valence-corrected chi connectivity index (χ1v) is 23.3. The van der Waals surface area contributed by atoms with Gasteiger partial charge in [-0.3, -0.25) is 28.9 Å². The SMILES string of the molecule is C=C[C@](C/C=C\CCCCC)(NC(=O)[C@@H]1CC(Oc2nc(-c3ccccn3)cc3c(Cl)c(OC)ccc23)CN1C(=O)[C@H](C)CC(=O)N1CCCC(F)(F)C1)C(=O)NS(=O)(=O)C1CC1. The van der Waals surface area contributed by atoms with Gasteiger partial charge in [0.25, 0.3) is 11.8 Å². The monoisotopic (exact) mass is 912 g/mol. The second-order valence-corrected chi connectivity index (χ2v) is 18.9. The Hall–Kier alpha value is -5.16. The number of halogens is 3. The smallest absolute Gasteiger partial charge is 0.265 e. The number of sulfonamides is 1. The lowest BCUT2D eigenvalue weighted by Gasteiger charge is -2.34. The van der Waals surface area contributed by atoms with Crippen LogP contribution in [-0.2, 0) is 29.2 Å². The number of allylic oxidation sites excluding steroid dienone is 1. The summed E-state index contributed by atoms with van der Waals surface area (Å²) in [6, 6.07) is 9.11. The van der Waals surface area contributed by atoms with Crippen molar-refractivity contribution in [3.8, 4) is 23.0 Å². The number of carbonyl (C=O) groups is 4. The number of methoxy groups -OCH3 is 1. The van der Waals surface area contributed by atoms with Gasteiger partial charge in [-0.1, -0.05) is 62.6 Å². The van der Waals surface area contributed by atoms with Gasteiger partial charge >= 0.3 is 0 Å². The molecule has 14 nitrogen and oxygen atoms in total. The number of unbranched alkanes of at least 4 members (excludes halogenated alkanes) is 3. The molecule has 1 saturated carbocycles. The van der Waals surface area contributed by atoms with E-state index in [1.165, 1.54) is 25.0 Å². The lowest BCUT2D eigenvalue weighted by molar-refractivity contribution is -0.148. The van der Waals surface area contributed by atoms with Crippen molar-refractivity contribution in [2.45, 2.75) is 113 Å². The Morgan fingerprint density at radius 1 is 1.11 bits per heavy atom. The van der Waals surface area contributed by atoms with Crippen LogP contribution in [0.1, 0.15) is 84.5 Å². The van der Waals surface area contributed by atoms with E-state index < -0.39 is 81.4 Å². The van der Waals surface area contributed by atoms with Crippen LogP contribution in [0.15, 0.2) is 67.4 Å². The van der Waals surface area contributed by atoms with Crippen LogP contribution in [0.25, 0.3) is 22.2 Å². The van der Waals surface area contributed by atoms with Gasteiger partial charge in [-0.15, -0.1) is 6.58 Å². The molecule has 0 spiro atoms. The molecule has 1 unspecified atom stereocenters. The Balaban J connectivity index is 1.33. The second-order valence-electron chi connectivity index (χ2n) is 16.6. The minimum absolute atomic E-state index is 0.115. The number of benzene rings is 1. The lowest BCUT2D eigenvalue weighted by Crippen LogP contribution is -2.61. The third kappa shape index (κ3) is 11.3. The number of pyridine rings is 2. The Morgan fingerprint density at radius 2 is 1.89 bits per heavy atom. The molecule has 3 aromatic rings. The fourth-order valence-corrected chi connectivity index (χ4v) is 9.58. The number of rotatable bonds is 19. The number of amides is 4. The van der Waals surface area contributed by atoms with Gasteiger partial charge < -0.3 is 24.6 Å². The number of hydrogen-bond acceptors (Lipinski definition) is 10. The van der Waals surface area contributed by atoms with Gasteiger partial charge in [0.1, 0.15) is 23.4 Å². The third-order valence-electron chi connectivity index (χ3n) is 11.7. The zero-order chi connectivity index (χ0) is 45.5. The Labute approximate surface area is 371 Å². The third-order valence-corrected chi connectivity index (χ3v) is 13.9. The standard InChI is InChI=1S/C45H55ClF2N6O8S/c1-5-7-8-9-10-12-20-44(6-2,43(58)52-63(59,60)31-16-17-31)51-40(56)36-25-30(27-54(36)42(57)29(3)24-38(55)53-23-14-21-45(47,48)28-53)62-41-32-18-19-37(61-4)39(46)33(32)26-35(50-41)34-15-11-13-22-49-34/h6,10-13,15,18-19,22,26,29-31,36H,2,5,7-9,14,16-17,20-21,23-25,27-28H2,1,3-4H3,(H,51,56)(H,52,58)/b12-10-/t29-,30?,36+,44-/m1/s1. The van der Waals surface area contributed by atoms with Crippen molar-refractivity contribution in [2.24, 2.45) is 5.92 Å². The van der Waals surface area contributed by atoms with Gasteiger partial charge in [0.05, 0.1) is 41.9 Å². The molecule has 3 fully saturated rings. The van der Waals surface area contributed by atoms with Crippen LogP contribution >= 0.6 is 11.6 Å². The normalized spacial score (nSPS) is 20.2. The van der Waals surface area contributed by atoms with Crippen molar-refractivity contribution in [1.82, 2.24) is 29.8 Å². The van der Waals surface area contributed by atoms with Crippen molar-refractivity contribution < 1.29 is 45.9 Å². The molecule has 6 rings (SSSR count). The number of fused-ring (bicyclic) bond motifs is 1. The van der Waals surface area contributed by atoms with Crippen molar-refractivity contribution in [2.75, 3.05) is 26.7 Å². The van der Waals surface area contributed by atoms with Gasteiger partial charge in [-0.2, -0.15) is 0 Å². The first-order valence-electron chi connectivity index (χ1n) is 21.4. The fraction of sp³-hybridized carbons (Fsp3) is 0.511. The molecule has 2 aromatic heterocycles. The summed E-state index contributed by atoms with van der Waals surface area (Å²) in [5, 5.41) is 3.32. The van der Waals surface area contributed by atoms with Crippen LogP contribution in [0.2, 0.25) is 5.02 Å². The quantitative estimate of drug-likeness (QED) is 0.0965. The maximum absolute atomic E-state index is 14.7.